The van der Waals surface area contributed by atoms with Crippen molar-refractivity contribution in [3.63, 3.8) is 0 Å². The van der Waals surface area contributed by atoms with Crippen molar-refractivity contribution in [3.8, 4) is 5.75 Å². The summed E-state index contributed by atoms with van der Waals surface area (Å²) >= 11 is 3.84. The van der Waals surface area contributed by atoms with E-state index in [-0.39, 0.29) is 30.8 Å². The topological polar surface area (TPSA) is 245 Å². The summed E-state index contributed by atoms with van der Waals surface area (Å²) in [5, 5.41) is 43.3. The van der Waals surface area contributed by atoms with E-state index in [0.717, 1.165) is 0 Å². The minimum absolute atomic E-state index is 0.0490. The number of amides is 3. The SMILES string of the molecule is NC(CCC(=O)O)C(=O)NC(Cc1ccc(O)cc1)C(=O)NC(CCC(=O)O)C(=O)NC(CS)C(=O)O. The summed E-state index contributed by atoms with van der Waals surface area (Å²) in [4.78, 5) is 71.4. The van der Waals surface area contributed by atoms with Crippen molar-refractivity contribution >= 4 is 48.3 Å². The third-order valence-corrected chi connectivity index (χ3v) is 5.46. The van der Waals surface area contributed by atoms with Crippen LogP contribution < -0.4 is 21.7 Å². The zero-order valence-corrected chi connectivity index (χ0v) is 20.5. The molecule has 37 heavy (non-hydrogen) atoms. The number of phenolic OH excluding ortho intramolecular Hbond substituents is 1. The molecule has 0 fully saturated rings. The first-order chi connectivity index (χ1) is 17.3. The van der Waals surface area contributed by atoms with Crippen LogP contribution in [0.1, 0.15) is 31.2 Å². The number of carbonyl (C=O) groups is 6. The number of carboxylic acids is 3. The Morgan fingerprint density at radius 3 is 1.76 bits per heavy atom. The lowest BCUT2D eigenvalue weighted by molar-refractivity contribution is -0.142. The second-order valence-electron chi connectivity index (χ2n) is 8.05. The number of aliphatic carboxylic acids is 3. The Morgan fingerprint density at radius 1 is 0.757 bits per heavy atom. The largest absolute Gasteiger partial charge is 0.508 e. The molecule has 0 aromatic heterocycles. The van der Waals surface area contributed by atoms with Crippen LogP contribution >= 0.6 is 12.6 Å². The van der Waals surface area contributed by atoms with Gasteiger partial charge in [0.25, 0.3) is 0 Å². The molecule has 0 saturated carbocycles. The predicted molar refractivity (Wildman–Crippen MR) is 131 cm³/mol. The molecular formula is C22H30N4O10S. The van der Waals surface area contributed by atoms with E-state index in [2.05, 4.69) is 28.6 Å². The summed E-state index contributed by atoms with van der Waals surface area (Å²) in [5.74, 6) is -6.86. The van der Waals surface area contributed by atoms with Gasteiger partial charge in [0.1, 0.15) is 23.9 Å². The maximum atomic E-state index is 13.1. The maximum Gasteiger partial charge on any atom is 0.327 e. The average molecular weight is 543 g/mol. The summed E-state index contributed by atoms with van der Waals surface area (Å²) < 4.78 is 0. The smallest absolute Gasteiger partial charge is 0.327 e. The van der Waals surface area contributed by atoms with Crippen molar-refractivity contribution in [2.45, 2.75) is 56.3 Å². The number of nitrogens with one attached hydrogen (secondary N) is 3. The van der Waals surface area contributed by atoms with E-state index in [1.54, 1.807) is 0 Å². The van der Waals surface area contributed by atoms with Crippen LogP contribution in [0.15, 0.2) is 24.3 Å². The highest BCUT2D eigenvalue weighted by Crippen LogP contribution is 2.12. The van der Waals surface area contributed by atoms with Gasteiger partial charge in [-0.05, 0) is 30.5 Å². The number of hydrogen-bond acceptors (Lipinski definition) is 9. The lowest BCUT2D eigenvalue weighted by atomic mass is 10.0. The van der Waals surface area contributed by atoms with E-state index in [9.17, 15) is 33.9 Å². The number of carboxylic acid groups (broad SMARTS) is 3. The molecule has 1 aromatic rings. The first-order valence-electron chi connectivity index (χ1n) is 11.1. The zero-order valence-electron chi connectivity index (χ0n) is 19.6. The van der Waals surface area contributed by atoms with Crippen molar-refractivity contribution < 1.29 is 49.2 Å². The monoisotopic (exact) mass is 542 g/mol. The molecule has 4 unspecified atom stereocenters. The van der Waals surface area contributed by atoms with E-state index >= 15 is 0 Å². The van der Waals surface area contributed by atoms with Crippen molar-refractivity contribution in [3.05, 3.63) is 29.8 Å². The van der Waals surface area contributed by atoms with Crippen LogP contribution in [0, 0.1) is 0 Å². The quantitative estimate of drug-likeness (QED) is 0.108. The standard InChI is InChI=1S/C22H30N4O10S/c23-13(5-7-17(28)29)19(32)25-15(9-11-1-3-12(27)4-2-11)21(34)24-14(6-8-18(30)31)20(33)26-16(10-37)22(35)36/h1-4,13-16,27,37H,5-10,23H2,(H,24,34)(H,25,32)(H,26,33)(H,28,29)(H,30,31)(H,35,36). The number of carbonyl (C=O) groups excluding carboxylic acids is 3. The molecular weight excluding hydrogens is 512 g/mol. The molecule has 9 N–H and O–H groups in total. The van der Waals surface area contributed by atoms with Crippen molar-refractivity contribution in [2.24, 2.45) is 5.73 Å². The minimum Gasteiger partial charge on any atom is -0.508 e. The summed E-state index contributed by atoms with van der Waals surface area (Å²) in [6, 6.07) is 0.173. The van der Waals surface area contributed by atoms with Gasteiger partial charge in [-0.25, -0.2) is 4.79 Å². The third kappa shape index (κ3) is 11.6. The minimum atomic E-state index is -1.47. The predicted octanol–water partition coefficient (Wildman–Crippen LogP) is -1.54. The first-order valence-corrected chi connectivity index (χ1v) is 11.7. The molecule has 0 aliphatic rings. The van der Waals surface area contributed by atoms with Gasteiger partial charge in [-0.3, -0.25) is 24.0 Å². The molecule has 14 nitrogen and oxygen atoms in total. The van der Waals surface area contributed by atoms with Crippen LogP contribution in [0.5, 0.6) is 5.75 Å². The van der Waals surface area contributed by atoms with Crippen LogP contribution in [-0.4, -0.2) is 86.0 Å². The molecule has 15 heteroatoms. The molecule has 0 aliphatic carbocycles. The Balaban J connectivity index is 3.13. The lowest BCUT2D eigenvalue weighted by Gasteiger charge is -2.25. The van der Waals surface area contributed by atoms with E-state index < -0.39 is 72.6 Å². The Morgan fingerprint density at radius 2 is 1.24 bits per heavy atom. The van der Waals surface area contributed by atoms with Crippen LogP contribution in [0.4, 0.5) is 0 Å². The lowest BCUT2D eigenvalue weighted by Crippen LogP contribution is -2.57. The number of rotatable bonds is 16. The molecule has 1 rings (SSSR count). The highest BCUT2D eigenvalue weighted by atomic mass is 32.1. The fraction of sp³-hybridized carbons (Fsp3) is 0.455. The van der Waals surface area contributed by atoms with E-state index in [1.165, 1.54) is 24.3 Å². The zero-order chi connectivity index (χ0) is 28.1. The number of nitrogens with two attached hydrogens (primary N) is 1. The highest BCUT2D eigenvalue weighted by Gasteiger charge is 2.30. The fourth-order valence-electron chi connectivity index (χ4n) is 3.03. The second-order valence-corrected chi connectivity index (χ2v) is 8.41. The number of hydrogen-bond donors (Lipinski definition) is 9. The average Bonchev–Trinajstić information content (AvgIpc) is 2.83. The van der Waals surface area contributed by atoms with Crippen LogP contribution in [0.3, 0.4) is 0 Å². The molecule has 0 aliphatic heterocycles. The number of benzene rings is 1. The molecule has 0 spiro atoms. The van der Waals surface area contributed by atoms with Crippen LogP contribution in [0.25, 0.3) is 0 Å². The van der Waals surface area contributed by atoms with Gasteiger partial charge in [-0.1, -0.05) is 12.1 Å². The summed E-state index contributed by atoms with van der Waals surface area (Å²) in [6.07, 6.45) is -1.66. The Labute approximate surface area is 217 Å². The van der Waals surface area contributed by atoms with Gasteiger partial charge in [0.05, 0.1) is 6.04 Å². The Bertz CT molecular complexity index is 988. The molecule has 0 saturated heterocycles. The summed E-state index contributed by atoms with van der Waals surface area (Å²) in [7, 11) is 0. The van der Waals surface area contributed by atoms with Gasteiger partial charge in [-0.15, -0.1) is 0 Å². The van der Waals surface area contributed by atoms with Gasteiger partial charge in [-0.2, -0.15) is 12.6 Å². The molecule has 0 heterocycles. The molecule has 3 amide bonds. The normalized spacial score (nSPS) is 13.9. The third-order valence-electron chi connectivity index (χ3n) is 5.09. The first kappa shape index (κ1) is 31.2. The van der Waals surface area contributed by atoms with Crippen molar-refractivity contribution in [2.75, 3.05) is 5.75 Å². The molecule has 0 radical (unpaired) electrons. The van der Waals surface area contributed by atoms with E-state index in [0.29, 0.717) is 5.56 Å². The molecule has 204 valence electrons. The molecule has 0 bridgehead atoms. The molecule has 4 atom stereocenters. The van der Waals surface area contributed by atoms with Gasteiger partial charge in [0.15, 0.2) is 0 Å². The van der Waals surface area contributed by atoms with Crippen LogP contribution in [-0.2, 0) is 35.2 Å². The van der Waals surface area contributed by atoms with Gasteiger partial charge >= 0.3 is 17.9 Å². The molecule has 1 aromatic carbocycles. The van der Waals surface area contributed by atoms with Gasteiger partial charge < -0.3 is 42.1 Å². The van der Waals surface area contributed by atoms with E-state index in [1.807, 2.05) is 0 Å². The van der Waals surface area contributed by atoms with Crippen LogP contribution in [0.2, 0.25) is 0 Å². The Hall–Kier alpha value is -3.85. The summed E-state index contributed by atoms with van der Waals surface area (Å²) in [5.41, 5.74) is 6.21. The van der Waals surface area contributed by atoms with E-state index in [4.69, 9.17) is 21.1 Å². The second kappa shape index (κ2) is 15.3. The fourth-order valence-corrected chi connectivity index (χ4v) is 3.28. The van der Waals surface area contributed by atoms with Gasteiger partial charge in [0, 0.05) is 25.0 Å². The Kier molecular flexibility index (Phi) is 12.9. The number of thiol groups is 1. The van der Waals surface area contributed by atoms with Crippen molar-refractivity contribution in [1.82, 2.24) is 16.0 Å². The van der Waals surface area contributed by atoms with Gasteiger partial charge in [0.2, 0.25) is 17.7 Å². The summed E-state index contributed by atoms with van der Waals surface area (Å²) in [6.45, 7) is 0. The highest BCUT2D eigenvalue weighted by molar-refractivity contribution is 7.80. The number of aromatic hydroxyl groups is 1. The number of phenols is 1. The van der Waals surface area contributed by atoms with Crippen molar-refractivity contribution in [1.29, 1.82) is 0 Å². The maximum absolute atomic E-state index is 13.1.